The van der Waals surface area contributed by atoms with Crippen molar-refractivity contribution in [1.82, 2.24) is 15.2 Å². The van der Waals surface area contributed by atoms with Crippen LogP contribution in [0, 0.1) is 6.92 Å². The van der Waals surface area contributed by atoms with Gasteiger partial charge in [0.15, 0.2) is 0 Å². The molecule has 3 nitrogen and oxygen atoms in total. The third-order valence-corrected chi connectivity index (χ3v) is 4.17. The van der Waals surface area contributed by atoms with E-state index in [2.05, 4.69) is 49.0 Å². The van der Waals surface area contributed by atoms with Crippen LogP contribution in [0.3, 0.4) is 0 Å². The number of aryl methyl sites for hydroxylation is 1. The normalized spacial score (nSPS) is 18.7. The molecule has 1 aromatic rings. The van der Waals surface area contributed by atoms with Gasteiger partial charge in [-0.15, -0.1) is 0 Å². The summed E-state index contributed by atoms with van der Waals surface area (Å²) in [5.41, 5.74) is 2.96. The molecule has 1 aliphatic heterocycles. The summed E-state index contributed by atoms with van der Waals surface area (Å²) in [4.78, 5) is 6.79. The van der Waals surface area contributed by atoms with E-state index in [1.807, 2.05) is 12.4 Å². The SMILES string of the molecule is Cc1ccncc1CNC1CCN(C(C)(C)C)CC1. The molecule has 0 spiro atoms. The second kappa shape index (κ2) is 6.02. The predicted octanol–water partition coefficient (Wildman–Crippen LogP) is 2.74. The van der Waals surface area contributed by atoms with Crippen molar-refractivity contribution in [2.75, 3.05) is 13.1 Å². The van der Waals surface area contributed by atoms with Crippen LogP contribution in [0.4, 0.5) is 0 Å². The van der Waals surface area contributed by atoms with Crippen LogP contribution in [-0.2, 0) is 6.54 Å². The molecule has 0 atom stereocenters. The zero-order valence-electron chi connectivity index (χ0n) is 12.7. The second-order valence-electron chi connectivity index (χ2n) is 6.62. The molecule has 1 saturated heterocycles. The highest BCUT2D eigenvalue weighted by Gasteiger charge is 2.26. The highest BCUT2D eigenvalue weighted by atomic mass is 15.2. The van der Waals surface area contributed by atoms with Gasteiger partial charge < -0.3 is 5.32 Å². The number of piperidine rings is 1. The molecule has 1 aliphatic rings. The Kier molecular flexibility index (Phi) is 4.58. The standard InChI is InChI=1S/C16H27N3/c1-13-5-8-17-11-14(13)12-18-15-6-9-19(10-7-15)16(2,3)4/h5,8,11,15,18H,6-7,9-10,12H2,1-4H3. The van der Waals surface area contributed by atoms with Crippen LogP contribution in [-0.4, -0.2) is 34.6 Å². The lowest BCUT2D eigenvalue weighted by Crippen LogP contribution is -2.49. The van der Waals surface area contributed by atoms with Crippen molar-refractivity contribution in [1.29, 1.82) is 0 Å². The fraction of sp³-hybridized carbons (Fsp3) is 0.688. The van der Waals surface area contributed by atoms with Gasteiger partial charge in [-0.2, -0.15) is 0 Å². The first kappa shape index (κ1) is 14.5. The van der Waals surface area contributed by atoms with Gasteiger partial charge in [0.25, 0.3) is 0 Å². The molecule has 2 rings (SSSR count). The van der Waals surface area contributed by atoms with Gasteiger partial charge in [-0.05, 0) is 57.7 Å². The fourth-order valence-electron chi connectivity index (χ4n) is 2.69. The molecule has 0 aromatic carbocycles. The predicted molar refractivity (Wildman–Crippen MR) is 80.2 cm³/mol. The summed E-state index contributed by atoms with van der Waals surface area (Å²) < 4.78 is 0. The lowest BCUT2D eigenvalue weighted by molar-refractivity contribution is 0.0960. The van der Waals surface area contributed by atoms with E-state index < -0.39 is 0 Å². The van der Waals surface area contributed by atoms with Gasteiger partial charge in [0.1, 0.15) is 0 Å². The van der Waals surface area contributed by atoms with E-state index in [-0.39, 0.29) is 0 Å². The molecule has 1 fully saturated rings. The zero-order valence-corrected chi connectivity index (χ0v) is 12.7. The van der Waals surface area contributed by atoms with Gasteiger partial charge in [0.05, 0.1) is 0 Å². The molecule has 1 aromatic heterocycles. The molecule has 0 bridgehead atoms. The molecule has 1 N–H and O–H groups in total. The first-order valence-corrected chi connectivity index (χ1v) is 7.35. The number of pyridine rings is 1. The lowest BCUT2D eigenvalue weighted by Gasteiger charge is -2.41. The van der Waals surface area contributed by atoms with Crippen molar-refractivity contribution < 1.29 is 0 Å². The maximum Gasteiger partial charge on any atom is 0.0315 e. The Balaban J connectivity index is 1.79. The number of nitrogens with one attached hydrogen (secondary N) is 1. The molecule has 0 aliphatic carbocycles. The van der Waals surface area contributed by atoms with Crippen LogP contribution in [0.25, 0.3) is 0 Å². The van der Waals surface area contributed by atoms with Gasteiger partial charge >= 0.3 is 0 Å². The number of likely N-dealkylation sites (tertiary alicyclic amines) is 1. The summed E-state index contributed by atoms with van der Waals surface area (Å²) in [6.45, 7) is 12.4. The number of nitrogens with zero attached hydrogens (tertiary/aromatic N) is 2. The number of aromatic nitrogens is 1. The Morgan fingerprint density at radius 2 is 2.00 bits per heavy atom. The van der Waals surface area contributed by atoms with E-state index in [9.17, 15) is 0 Å². The average Bonchev–Trinajstić information content (AvgIpc) is 2.37. The smallest absolute Gasteiger partial charge is 0.0315 e. The third-order valence-electron chi connectivity index (χ3n) is 4.17. The molecule has 0 saturated carbocycles. The molecule has 0 amide bonds. The molecule has 19 heavy (non-hydrogen) atoms. The van der Waals surface area contributed by atoms with E-state index >= 15 is 0 Å². The fourth-order valence-corrected chi connectivity index (χ4v) is 2.69. The topological polar surface area (TPSA) is 28.2 Å². The van der Waals surface area contributed by atoms with Gasteiger partial charge in [0, 0.05) is 43.6 Å². The highest BCUT2D eigenvalue weighted by Crippen LogP contribution is 2.20. The minimum Gasteiger partial charge on any atom is -0.310 e. The largest absolute Gasteiger partial charge is 0.310 e. The number of hydrogen-bond donors (Lipinski definition) is 1. The van der Waals surface area contributed by atoms with Crippen LogP contribution >= 0.6 is 0 Å². The van der Waals surface area contributed by atoms with E-state index in [4.69, 9.17) is 0 Å². The quantitative estimate of drug-likeness (QED) is 0.907. The van der Waals surface area contributed by atoms with E-state index in [1.165, 1.54) is 37.1 Å². The van der Waals surface area contributed by atoms with Crippen molar-refractivity contribution in [2.24, 2.45) is 0 Å². The Labute approximate surface area is 117 Å². The average molecular weight is 261 g/mol. The second-order valence-corrected chi connectivity index (χ2v) is 6.62. The summed E-state index contributed by atoms with van der Waals surface area (Å²) in [7, 11) is 0. The van der Waals surface area contributed by atoms with E-state index in [0.29, 0.717) is 11.6 Å². The van der Waals surface area contributed by atoms with Crippen molar-refractivity contribution in [3.05, 3.63) is 29.6 Å². The summed E-state index contributed by atoms with van der Waals surface area (Å²) in [6.07, 6.45) is 6.33. The van der Waals surface area contributed by atoms with Crippen LogP contribution < -0.4 is 5.32 Å². The summed E-state index contributed by atoms with van der Waals surface area (Å²) in [5.74, 6) is 0. The zero-order chi connectivity index (χ0) is 13.9. The Bertz CT molecular complexity index is 401. The van der Waals surface area contributed by atoms with Crippen molar-refractivity contribution in [3.8, 4) is 0 Å². The molecule has 2 heterocycles. The third kappa shape index (κ3) is 4.02. The molecule has 3 heteroatoms. The van der Waals surface area contributed by atoms with Crippen molar-refractivity contribution >= 4 is 0 Å². The lowest BCUT2D eigenvalue weighted by atomic mass is 9.98. The summed E-state index contributed by atoms with van der Waals surface area (Å²) in [5, 5.41) is 3.68. The molecule has 106 valence electrons. The van der Waals surface area contributed by atoms with Gasteiger partial charge in [-0.3, -0.25) is 9.88 Å². The molecule has 0 unspecified atom stereocenters. The maximum absolute atomic E-state index is 4.21. The Morgan fingerprint density at radius 1 is 1.32 bits per heavy atom. The maximum atomic E-state index is 4.21. The highest BCUT2D eigenvalue weighted by molar-refractivity contribution is 5.21. The minimum absolute atomic E-state index is 0.310. The van der Waals surface area contributed by atoms with Crippen LogP contribution in [0.1, 0.15) is 44.7 Å². The van der Waals surface area contributed by atoms with Crippen LogP contribution in [0.15, 0.2) is 18.5 Å². The first-order valence-electron chi connectivity index (χ1n) is 7.35. The van der Waals surface area contributed by atoms with Crippen LogP contribution in [0.2, 0.25) is 0 Å². The number of hydrogen-bond acceptors (Lipinski definition) is 3. The Morgan fingerprint density at radius 3 is 2.58 bits per heavy atom. The Hall–Kier alpha value is -0.930. The molecular formula is C16H27N3. The molecule has 0 radical (unpaired) electrons. The van der Waals surface area contributed by atoms with Gasteiger partial charge in [-0.1, -0.05) is 0 Å². The van der Waals surface area contributed by atoms with Crippen molar-refractivity contribution in [2.45, 2.75) is 58.7 Å². The summed E-state index contributed by atoms with van der Waals surface area (Å²) >= 11 is 0. The number of rotatable bonds is 3. The van der Waals surface area contributed by atoms with E-state index in [1.54, 1.807) is 0 Å². The first-order chi connectivity index (χ1) is 8.97. The van der Waals surface area contributed by atoms with E-state index in [0.717, 1.165) is 6.54 Å². The molecular weight excluding hydrogens is 234 g/mol. The minimum atomic E-state index is 0.310. The van der Waals surface area contributed by atoms with Gasteiger partial charge in [-0.25, -0.2) is 0 Å². The van der Waals surface area contributed by atoms with Crippen molar-refractivity contribution in [3.63, 3.8) is 0 Å². The monoisotopic (exact) mass is 261 g/mol. The van der Waals surface area contributed by atoms with Gasteiger partial charge in [0.2, 0.25) is 0 Å². The van der Waals surface area contributed by atoms with Crippen LogP contribution in [0.5, 0.6) is 0 Å². The summed E-state index contributed by atoms with van der Waals surface area (Å²) in [6, 6.07) is 2.73.